The normalized spacial score (nSPS) is 19.7. The van der Waals surface area contributed by atoms with Crippen molar-refractivity contribution in [1.29, 1.82) is 5.26 Å². The smallest absolute Gasteiger partial charge is 0.217 e. The van der Waals surface area contributed by atoms with E-state index in [-0.39, 0.29) is 26.2 Å². The zero-order valence-corrected chi connectivity index (χ0v) is 15.2. The van der Waals surface area contributed by atoms with E-state index in [0.717, 1.165) is 35.1 Å². The van der Waals surface area contributed by atoms with Crippen LogP contribution >= 0.6 is 0 Å². The van der Waals surface area contributed by atoms with Crippen molar-refractivity contribution in [1.82, 2.24) is 29.0 Å². The first kappa shape index (κ1) is 16.4. The number of nitrogens with zero attached hydrogens (tertiary/aromatic N) is 6. The van der Waals surface area contributed by atoms with Gasteiger partial charge in [0.25, 0.3) is 0 Å². The first-order chi connectivity index (χ1) is 13.0. The summed E-state index contributed by atoms with van der Waals surface area (Å²) >= 11 is 0. The average molecular weight is 385 g/mol. The number of aromatic nitrogens is 5. The van der Waals surface area contributed by atoms with Crippen LogP contribution in [0.25, 0.3) is 22.3 Å². The molecule has 0 spiro atoms. The molecule has 1 aliphatic carbocycles. The van der Waals surface area contributed by atoms with Crippen molar-refractivity contribution in [2.45, 2.75) is 30.1 Å². The molecule has 9 nitrogen and oxygen atoms in total. The van der Waals surface area contributed by atoms with Crippen LogP contribution in [0.1, 0.15) is 20.7 Å². The SMILES string of the molecule is N#CCC1(n2cc(-c3ncnc4[nH]ccc34)cn2)CN(S(=O)(=O)C2CC2)C1.[HH]. The molecule has 2 aliphatic rings. The largest absolute Gasteiger partial charge is 0.346 e. The van der Waals surface area contributed by atoms with Gasteiger partial charge in [0.05, 0.1) is 29.6 Å². The molecule has 5 rings (SSSR count). The van der Waals surface area contributed by atoms with E-state index in [9.17, 15) is 13.7 Å². The third-order valence-electron chi connectivity index (χ3n) is 5.35. The summed E-state index contributed by atoms with van der Waals surface area (Å²) in [4.78, 5) is 11.6. The van der Waals surface area contributed by atoms with Crippen molar-refractivity contribution in [2.24, 2.45) is 0 Å². The number of fused-ring (bicyclic) bond motifs is 1. The molecule has 0 bridgehead atoms. The molecule has 0 unspecified atom stereocenters. The molecule has 0 radical (unpaired) electrons. The first-order valence-corrected chi connectivity index (χ1v) is 10.2. The number of hydrogen-bond acceptors (Lipinski definition) is 6. The Bertz CT molecular complexity index is 1170. The minimum Gasteiger partial charge on any atom is -0.346 e. The van der Waals surface area contributed by atoms with Crippen LogP contribution in [-0.2, 0) is 15.6 Å². The fourth-order valence-electron chi connectivity index (χ4n) is 3.66. The molecule has 3 aromatic heterocycles. The van der Waals surface area contributed by atoms with Crippen LogP contribution in [0.2, 0.25) is 0 Å². The lowest BCUT2D eigenvalue weighted by molar-refractivity contribution is 0.0716. The van der Waals surface area contributed by atoms with E-state index in [4.69, 9.17) is 0 Å². The summed E-state index contributed by atoms with van der Waals surface area (Å²) < 4.78 is 28.1. The molecular weight excluding hydrogens is 366 g/mol. The number of rotatable bonds is 5. The fourth-order valence-corrected chi connectivity index (χ4v) is 5.65. The number of sulfonamides is 1. The third-order valence-corrected chi connectivity index (χ3v) is 7.64. The van der Waals surface area contributed by atoms with E-state index in [2.05, 4.69) is 26.1 Å². The minimum absolute atomic E-state index is 0. The van der Waals surface area contributed by atoms with Gasteiger partial charge in [-0.1, -0.05) is 0 Å². The Balaban J connectivity index is 0.00000192. The Morgan fingerprint density at radius 2 is 2.19 bits per heavy atom. The highest BCUT2D eigenvalue weighted by Crippen LogP contribution is 2.40. The zero-order valence-electron chi connectivity index (χ0n) is 14.4. The standard InChI is InChI=1S/C17H17N7O2S.H2/c18-5-4-17(9-23(10-17)27(25,26)13-1-2-13)24-8-12(7-22-24)15-14-3-6-19-16(14)21-11-20-15;/h3,6-8,11,13H,1-2,4,9-10H2,(H,19,20,21);1H. The van der Waals surface area contributed by atoms with E-state index in [1.54, 1.807) is 17.1 Å². The molecule has 140 valence electrons. The maximum atomic E-state index is 12.4. The Labute approximate surface area is 157 Å². The monoisotopic (exact) mass is 385 g/mol. The summed E-state index contributed by atoms with van der Waals surface area (Å²) in [5.74, 6) is 0. The predicted molar refractivity (Wildman–Crippen MR) is 98.9 cm³/mol. The van der Waals surface area contributed by atoms with Crippen LogP contribution < -0.4 is 0 Å². The van der Waals surface area contributed by atoms with Gasteiger partial charge in [-0.05, 0) is 18.9 Å². The van der Waals surface area contributed by atoms with Gasteiger partial charge < -0.3 is 4.98 Å². The van der Waals surface area contributed by atoms with Crippen molar-refractivity contribution in [2.75, 3.05) is 13.1 Å². The average Bonchev–Trinajstić information content (AvgIpc) is 3.19. The molecular formula is C17H19N7O2S. The number of H-pyrrole nitrogens is 1. The summed E-state index contributed by atoms with van der Waals surface area (Å²) in [6, 6.07) is 4.09. The Morgan fingerprint density at radius 3 is 2.93 bits per heavy atom. The van der Waals surface area contributed by atoms with Crippen LogP contribution in [0.4, 0.5) is 0 Å². The maximum Gasteiger partial charge on any atom is 0.217 e. The fraction of sp³-hybridized carbons (Fsp3) is 0.412. The quantitative estimate of drug-likeness (QED) is 0.710. The van der Waals surface area contributed by atoms with E-state index < -0.39 is 15.6 Å². The van der Waals surface area contributed by atoms with Gasteiger partial charge in [-0.25, -0.2) is 18.4 Å². The number of aromatic amines is 1. The topological polar surface area (TPSA) is 121 Å². The second-order valence-corrected chi connectivity index (χ2v) is 9.42. The van der Waals surface area contributed by atoms with Crippen molar-refractivity contribution in [3.8, 4) is 17.3 Å². The van der Waals surface area contributed by atoms with Crippen LogP contribution in [0, 0.1) is 11.3 Å². The summed E-state index contributed by atoms with van der Waals surface area (Å²) in [7, 11) is -3.23. The molecule has 2 fully saturated rings. The Hall–Kier alpha value is -2.77. The molecule has 1 saturated heterocycles. The summed E-state index contributed by atoms with van der Waals surface area (Å²) in [6.07, 6.45) is 8.50. The van der Waals surface area contributed by atoms with Crippen molar-refractivity contribution >= 4 is 21.1 Å². The van der Waals surface area contributed by atoms with Crippen molar-refractivity contribution < 1.29 is 9.84 Å². The molecule has 1 N–H and O–H groups in total. The number of nitrogens with one attached hydrogen (secondary N) is 1. The first-order valence-electron chi connectivity index (χ1n) is 8.73. The molecule has 27 heavy (non-hydrogen) atoms. The lowest BCUT2D eigenvalue weighted by atomic mass is 9.89. The molecule has 1 saturated carbocycles. The van der Waals surface area contributed by atoms with Gasteiger partial charge in [-0.2, -0.15) is 14.7 Å². The van der Waals surface area contributed by atoms with E-state index in [1.165, 1.54) is 10.6 Å². The highest BCUT2D eigenvalue weighted by Gasteiger charge is 2.53. The second-order valence-electron chi connectivity index (χ2n) is 7.21. The molecule has 10 heteroatoms. The molecule has 3 aromatic rings. The van der Waals surface area contributed by atoms with Crippen LogP contribution in [0.15, 0.2) is 31.0 Å². The van der Waals surface area contributed by atoms with Gasteiger partial charge in [0.2, 0.25) is 10.0 Å². The highest BCUT2D eigenvalue weighted by atomic mass is 32.2. The van der Waals surface area contributed by atoms with Gasteiger partial charge in [0.15, 0.2) is 0 Å². The highest BCUT2D eigenvalue weighted by molar-refractivity contribution is 7.90. The molecule has 4 heterocycles. The number of nitriles is 1. The van der Waals surface area contributed by atoms with Crippen LogP contribution in [-0.4, -0.2) is 55.8 Å². The summed E-state index contributed by atoms with van der Waals surface area (Å²) in [5, 5.41) is 14.4. The number of hydrogen-bond donors (Lipinski definition) is 1. The molecule has 0 atom stereocenters. The summed E-state index contributed by atoms with van der Waals surface area (Å²) in [6.45, 7) is 0.563. The lowest BCUT2D eigenvalue weighted by Crippen LogP contribution is -2.64. The maximum absolute atomic E-state index is 12.4. The Kier molecular flexibility index (Phi) is 3.41. The zero-order chi connectivity index (χ0) is 18.6. The predicted octanol–water partition coefficient (Wildman–Crippen LogP) is 1.48. The van der Waals surface area contributed by atoms with E-state index in [1.807, 2.05) is 12.3 Å². The summed E-state index contributed by atoms with van der Waals surface area (Å²) in [5.41, 5.74) is 1.67. The minimum atomic E-state index is -3.23. The Morgan fingerprint density at radius 1 is 1.37 bits per heavy atom. The van der Waals surface area contributed by atoms with Gasteiger partial charge >= 0.3 is 0 Å². The van der Waals surface area contributed by atoms with Crippen molar-refractivity contribution in [3.63, 3.8) is 0 Å². The van der Waals surface area contributed by atoms with E-state index in [0.29, 0.717) is 0 Å². The third kappa shape index (κ3) is 2.46. The molecule has 0 aromatic carbocycles. The second kappa shape index (κ2) is 5.61. The van der Waals surface area contributed by atoms with Gasteiger partial charge in [0.1, 0.15) is 17.5 Å². The van der Waals surface area contributed by atoms with Gasteiger partial charge in [0, 0.05) is 37.9 Å². The van der Waals surface area contributed by atoms with Gasteiger partial charge in [-0.15, -0.1) is 0 Å². The van der Waals surface area contributed by atoms with Crippen molar-refractivity contribution in [3.05, 3.63) is 31.0 Å². The molecule has 1 aliphatic heterocycles. The van der Waals surface area contributed by atoms with Gasteiger partial charge in [-0.3, -0.25) is 4.68 Å². The molecule has 0 amide bonds. The van der Waals surface area contributed by atoms with Crippen LogP contribution in [0.3, 0.4) is 0 Å². The van der Waals surface area contributed by atoms with Crippen LogP contribution in [0.5, 0.6) is 0 Å². The lowest BCUT2D eigenvalue weighted by Gasteiger charge is -2.48. The van der Waals surface area contributed by atoms with E-state index >= 15 is 0 Å².